The third-order valence-corrected chi connectivity index (χ3v) is 2.83. The van der Waals surface area contributed by atoms with E-state index in [-0.39, 0.29) is 0 Å². The van der Waals surface area contributed by atoms with E-state index < -0.39 is 0 Å². The Morgan fingerprint density at radius 2 is 2.20 bits per heavy atom. The molecule has 1 fully saturated rings. The lowest BCUT2D eigenvalue weighted by Gasteiger charge is -2.25. The summed E-state index contributed by atoms with van der Waals surface area (Å²) in [4.78, 5) is 0. The summed E-state index contributed by atoms with van der Waals surface area (Å²) in [5.41, 5.74) is 5.92. The predicted molar refractivity (Wildman–Crippen MR) is 47.6 cm³/mol. The van der Waals surface area contributed by atoms with Gasteiger partial charge in [-0.2, -0.15) is 0 Å². The van der Waals surface area contributed by atoms with Gasteiger partial charge in [-0.05, 0) is 12.3 Å². The van der Waals surface area contributed by atoms with Gasteiger partial charge in [0.05, 0.1) is 0 Å². The van der Waals surface area contributed by atoms with E-state index >= 15 is 0 Å². The van der Waals surface area contributed by atoms with Crippen molar-refractivity contribution in [1.82, 2.24) is 4.67 Å². The van der Waals surface area contributed by atoms with E-state index in [9.17, 15) is 0 Å². The molecule has 1 unspecified atom stereocenters. The summed E-state index contributed by atoms with van der Waals surface area (Å²) >= 11 is 0. The Morgan fingerprint density at radius 3 is 2.40 bits per heavy atom. The van der Waals surface area contributed by atoms with Gasteiger partial charge in [0.2, 0.25) is 0 Å². The van der Waals surface area contributed by atoms with Crippen LogP contribution in [0, 0.1) is 5.92 Å². The van der Waals surface area contributed by atoms with Crippen LogP contribution in [0.1, 0.15) is 20.3 Å². The van der Waals surface area contributed by atoms with Crippen molar-refractivity contribution in [1.29, 1.82) is 0 Å². The van der Waals surface area contributed by atoms with Gasteiger partial charge >= 0.3 is 0 Å². The van der Waals surface area contributed by atoms with Crippen LogP contribution in [0.2, 0.25) is 0 Å². The van der Waals surface area contributed by atoms with Crippen LogP contribution in [-0.2, 0) is 0 Å². The van der Waals surface area contributed by atoms with Crippen LogP contribution in [0.5, 0.6) is 0 Å². The molecule has 1 aliphatic rings. The minimum Gasteiger partial charge on any atom is -0.326 e. The molecule has 0 radical (unpaired) electrons. The van der Waals surface area contributed by atoms with Gasteiger partial charge in [0.1, 0.15) is 0 Å². The second-order valence-electron chi connectivity index (χ2n) is 3.42. The van der Waals surface area contributed by atoms with Crippen LogP contribution in [0.4, 0.5) is 0 Å². The van der Waals surface area contributed by atoms with Crippen molar-refractivity contribution in [3.05, 3.63) is 0 Å². The molecule has 0 aromatic heterocycles. The average molecular weight is 160 g/mol. The number of nitrogens with two attached hydrogens (primary N) is 1. The van der Waals surface area contributed by atoms with E-state index in [0.29, 0.717) is 18.0 Å². The maximum absolute atomic E-state index is 5.92. The normalized spacial score (nSPS) is 35.7. The fraction of sp³-hybridized carbons (Fsp3) is 1.00. The Kier molecular flexibility index (Phi) is 2.67. The molecule has 3 heteroatoms. The molecule has 0 aliphatic carbocycles. The molecular weight excluding hydrogens is 143 g/mol. The van der Waals surface area contributed by atoms with Gasteiger partial charge in [0.25, 0.3) is 0 Å². The summed E-state index contributed by atoms with van der Waals surface area (Å²) in [6.45, 7) is 5.59. The van der Waals surface area contributed by atoms with Crippen LogP contribution < -0.4 is 5.73 Å². The monoisotopic (exact) mass is 160 g/mol. The van der Waals surface area contributed by atoms with Crippen LogP contribution in [-0.4, -0.2) is 23.3 Å². The lowest BCUT2D eigenvalue weighted by Crippen LogP contribution is -2.38. The first-order chi connectivity index (χ1) is 4.63. The third-order valence-electron chi connectivity index (χ3n) is 2.23. The molecule has 0 spiro atoms. The summed E-state index contributed by atoms with van der Waals surface area (Å²) in [7, 11) is 2.76. The fourth-order valence-corrected chi connectivity index (χ4v) is 2.46. The lowest BCUT2D eigenvalue weighted by atomic mass is 9.99. The Bertz CT molecular complexity index is 106. The first-order valence-corrected chi connectivity index (χ1v) is 4.41. The summed E-state index contributed by atoms with van der Waals surface area (Å²) in [6, 6.07) is 0.961. The highest BCUT2D eigenvalue weighted by atomic mass is 31.0. The van der Waals surface area contributed by atoms with E-state index in [0.717, 1.165) is 13.0 Å². The summed E-state index contributed by atoms with van der Waals surface area (Å²) in [6.07, 6.45) is 1.15. The van der Waals surface area contributed by atoms with E-state index in [1.54, 1.807) is 0 Å². The van der Waals surface area contributed by atoms with Crippen molar-refractivity contribution < 1.29 is 0 Å². The topological polar surface area (TPSA) is 29.3 Å². The molecule has 1 aliphatic heterocycles. The number of rotatable bonds is 1. The second-order valence-corrected chi connectivity index (χ2v) is 4.09. The molecule has 0 aromatic rings. The third kappa shape index (κ3) is 1.50. The minimum absolute atomic E-state index is 0.387. The summed E-state index contributed by atoms with van der Waals surface area (Å²) < 4.78 is 2.29. The maximum atomic E-state index is 5.92. The standard InChI is InChI=1S/C7H17N2P/c1-5(2)7-6(8)3-4-9(7)10/h5-7H,3-4,8,10H2,1-2H3/t6-,7+/m1/s1. The second kappa shape index (κ2) is 3.17. The molecule has 60 valence electrons. The summed E-state index contributed by atoms with van der Waals surface area (Å²) in [5.74, 6) is 0.676. The van der Waals surface area contributed by atoms with Crippen molar-refractivity contribution >= 4 is 9.39 Å². The Morgan fingerprint density at radius 1 is 1.60 bits per heavy atom. The Labute approximate surface area is 65.4 Å². The van der Waals surface area contributed by atoms with Gasteiger partial charge in [0.15, 0.2) is 0 Å². The van der Waals surface area contributed by atoms with Crippen molar-refractivity contribution in [2.75, 3.05) is 6.54 Å². The number of hydrogen-bond donors (Lipinski definition) is 1. The van der Waals surface area contributed by atoms with E-state index in [4.69, 9.17) is 5.73 Å². The SMILES string of the molecule is CC(C)[C@H]1[C@H](N)CCN1P. The van der Waals surface area contributed by atoms with Gasteiger partial charge in [-0.15, -0.1) is 0 Å². The van der Waals surface area contributed by atoms with Gasteiger partial charge < -0.3 is 5.73 Å². The molecule has 2 nitrogen and oxygen atoms in total. The van der Waals surface area contributed by atoms with Gasteiger partial charge in [-0.25, -0.2) is 0 Å². The zero-order valence-corrected chi connectivity index (χ0v) is 7.90. The Balaban J connectivity index is 2.54. The molecule has 3 atom stereocenters. The molecule has 1 heterocycles. The van der Waals surface area contributed by atoms with Crippen LogP contribution >= 0.6 is 9.39 Å². The van der Waals surface area contributed by atoms with E-state index in [2.05, 4.69) is 27.9 Å². The van der Waals surface area contributed by atoms with Gasteiger partial charge in [0, 0.05) is 18.6 Å². The highest BCUT2D eigenvalue weighted by Gasteiger charge is 2.30. The van der Waals surface area contributed by atoms with Crippen LogP contribution in [0.25, 0.3) is 0 Å². The molecule has 0 saturated carbocycles. The largest absolute Gasteiger partial charge is 0.326 e. The highest BCUT2D eigenvalue weighted by molar-refractivity contribution is 7.13. The molecule has 0 bridgehead atoms. The average Bonchev–Trinajstić information content (AvgIpc) is 2.11. The van der Waals surface area contributed by atoms with Crippen molar-refractivity contribution in [3.63, 3.8) is 0 Å². The molecule has 10 heavy (non-hydrogen) atoms. The smallest absolute Gasteiger partial charge is 0.0304 e. The highest BCUT2D eigenvalue weighted by Crippen LogP contribution is 2.25. The molecule has 1 saturated heterocycles. The zero-order chi connectivity index (χ0) is 7.72. The first kappa shape index (κ1) is 8.45. The van der Waals surface area contributed by atoms with Crippen LogP contribution in [0.3, 0.4) is 0 Å². The van der Waals surface area contributed by atoms with Gasteiger partial charge in [-0.1, -0.05) is 23.2 Å². The molecular formula is C7H17N2P. The van der Waals surface area contributed by atoms with Crippen molar-refractivity contribution in [3.8, 4) is 0 Å². The summed E-state index contributed by atoms with van der Waals surface area (Å²) in [5, 5.41) is 0. The predicted octanol–water partition coefficient (Wildman–Crippen LogP) is 0.834. The number of hydrogen-bond acceptors (Lipinski definition) is 2. The lowest BCUT2D eigenvalue weighted by molar-refractivity contribution is 0.319. The first-order valence-electron chi connectivity index (χ1n) is 3.90. The Hall–Kier alpha value is 0.350. The quantitative estimate of drug-likeness (QED) is 0.576. The molecule has 0 aromatic carbocycles. The molecule has 1 rings (SSSR count). The van der Waals surface area contributed by atoms with Gasteiger partial charge in [-0.3, -0.25) is 4.67 Å². The minimum atomic E-state index is 0.387. The fourth-order valence-electron chi connectivity index (χ4n) is 1.74. The molecule has 2 N–H and O–H groups in total. The van der Waals surface area contributed by atoms with Crippen LogP contribution in [0.15, 0.2) is 0 Å². The zero-order valence-electron chi connectivity index (χ0n) is 6.75. The van der Waals surface area contributed by atoms with E-state index in [1.807, 2.05) is 0 Å². The number of nitrogens with zero attached hydrogens (tertiary/aromatic N) is 1. The van der Waals surface area contributed by atoms with Crippen molar-refractivity contribution in [2.24, 2.45) is 11.7 Å². The molecule has 0 amide bonds. The van der Waals surface area contributed by atoms with E-state index in [1.165, 1.54) is 0 Å². The van der Waals surface area contributed by atoms with Crippen molar-refractivity contribution in [2.45, 2.75) is 32.4 Å². The maximum Gasteiger partial charge on any atom is 0.0304 e.